The van der Waals surface area contributed by atoms with E-state index in [-0.39, 0.29) is 55.0 Å². The Hall–Kier alpha value is -3.79. The molecule has 0 spiro atoms. The Morgan fingerprint density at radius 1 is 1.12 bits per heavy atom. The van der Waals surface area contributed by atoms with Crippen molar-refractivity contribution in [3.8, 4) is 0 Å². The van der Waals surface area contributed by atoms with Gasteiger partial charge in [0, 0.05) is 42.5 Å². The number of amides is 2. The van der Waals surface area contributed by atoms with Crippen molar-refractivity contribution >= 4 is 23.2 Å². The van der Waals surface area contributed by atoms with Crippen molar-refractivity contribution < 1.29 is 27.9 Å². The van der Waals surface area contributed by atoms with E-state index in [1.165, 1.54) is 30.1 Å². The van der Waals surface area contributed by atoms with E-state index in [0.717, 1.165) is 12.5 Å². The first-order chi connectivity index (χ1) is 20.2. The van der Waals surface area contributed by atoms with Crippen LogP contribution in [0.3, 0.4) is 0 Å². The summed E-state index contributed by atoms with van der Waals surface area (Å²) < 4.78 is 38.9. The third-order valence-corrected chi connectivity index (χ3v) is 5.74. The highest BCUT2D eigenvalue weighted by Crippen LogP contribution is 2.26. The average Bonchev–Trinajstić information content (AvgIpc) is 2.98. The lowest BCUT2D eigenvalue weighted by molar-refractivity contribution is -0.148. The van der Waals surface area contributed by atoms with E-state index in [9.17, 15) is 27.9 Å². The molecule has 1 unspecified atom stereocenters. The summed E-state index contributed by atoms with van der Waals surface area (Å²) in [5, 5.41) is 16.4. The highest BCUT2D eigenvalue weighted by atomic mass is 19.2. The van der Waals surface area contributed by atoms with Crippen molar-refractivity contribution in [1.29, 1.82) is 0 Å². The monoisotopic (exact) mass is 608 g/mol. The number of nitrogens with zero attached hydrogens (tertiary/aromatic N) is 1. The SMILES string of the molecule is C/C=C(\C/C(N)=C(/F)C(C)F)C(=O)N1CC(O)(CNc2cccc(NC(C)=O)c2)C1.C=C/C(F)=C\C(C)=C/C.CC.CC. The van der Waals surface area contributed by atoms with Crippen molar-refractivity contribution in [3.63, 3.8) is 0 Å². The Balaban J connectivity index is 0. The van der Waals surface area contributed by atoms with Gasteiger partial charge in [-0.1, -0.05) is 58.1 Å². The lowest BCUT2D eigenvalue weighted by Crippen LogP contribution is -2.66. The maximum atomic E-state index is 13.6. The van der Waals surface area contributed by atoms with Crippen LogP contribution in [0.5, 0.6) is 0 Å². The molecule has 7 nitrogen and oxygen atoms in total. The van der Waals surface area contributed by atoms with Crippen LogP contribution < -0.4 is 16.4 Å². The molecule has 0 saturated carbocycles. The van der Waals surface area contributed by atoms with Gasteiger partial charge < -0.3 is 26.4 Å². The largest absolute Gasteiger partial charge is 0.400 e. The number of nitrogens with two attached hydrogens (primary N) is 1. The normalized spacial score (nSPS) is 15.4. The van der Waals surface area contributed by atoms with Crippen LogP contribution in [0.1, 0.15) is 68.7 Å². The van der Waals surface area contributed by atoms with Crippen molar-refractivity contribution in [1.82, 2.24) is 4.90 Å². The quantitative estimate of drug-likeness (QED) is 0.162. The van der Waals surface area contributed by atoms with E-state index in [1.54, 1.807) is 31.2 Å². The first-order valence-corrected chi connectivity index (χ1v) is 14.4. The molecule has 1 aliphatic heterocycles. The van der Waals surface area contributed by atoms with Crippen LogP contribution in [0.2, 0.25) is 0 Å². The van der Waals surface area contributed by atoms with Crippen molar-refractivity contribution in [2.45, 2.75) is 80.5 Å². The van der Waals surface area contributed by atoms with Crippen LogP contribution in [-0.4, -0.2) is 53.2 Å². The molecule has 2 rings (SSSR count). The predicted octanol–water partition coefficient (Wildman–Crippen LogP) is 7.51. The van der Waals surface area contributed by atoms with Crippen LogP contribution in [0.25, 0.3) is 0 Å². The minimum Gasteiger partial charge on any atom is -0.400 e. The number of carbonyl (C=O) groups excluding carboxylic acids is 2. The topological polar surface area (TPSA) is 108 Å². The average molecular weight is 609 g/mol. The third kappa shape index (κ3) is 15.9. The summed E-state index contributed by atoms with van der Waals surface area (Å²) in [4.78, 5) is 25.2. The molecular formula is C33H51F3N4O3. The lowest BCUT2D eigenvalue weighted by atomic mass is 9.92. The van der Waals surface area contributed by atoms with Gasteiger partial charge >= 0.3 is 0 Å². The minimum atomic E-state index is -1.83. The molecule has 0 aromatic heterocycles. The summed E-state index contributed by atoms with van der Waals surface area (Å²) in [7, 11) is 0. The molecule has 0 aliphatic carbocycles. The first-order valence-electron chi connectivity index (χ1n) is 14.4. The van der Waals surface area contributed by atoms with Gasteiger partial charge in [-0.15, -0.1) is 0 Å². The molecule has 242 valence electrons. The summed E-state index contributed by atoms with van der Waals surface area (Å²) in [5.41, 5.74) is 6.61. The number of hydrogen-bond donors (Lipinski definition) is 4. The number of likely N-dealkylation sites (tertiary alicyclic amines) is 1. The molecule has 2 amide bonds. The van der Waals surface area contributed by atoms with Crippen molar-refractivity contribution in [3.05, 3.63) is 83.6 Å². The van der Waals surface area contributed by atoms with Gasteiger partial charge in [-0.25, -0.2) is 13.2 Å². The Bertz CT molecular complexity index is 1150. The number of carbonyl (C=O) groups is 2. The van der Waals surface area contributed by atoms with E-state index in [2.05, 4.69) is 17.2 Å². The summed E-state index contributed by atoms with van der Waals surface area (Å²) >= 11 is 0. The zero-order chi connectivity index (χ0) is 33.8. The number of allylic oxidation sites excluding steroid dienone is 8. The van der Waals surface area contributed by atoms with E-state index < -0.39 is 17.6 Å². The summed E-state index contributed by atoms with van der Waals surface area (Å²) in [5.74, 6) is -1.93. The van der Waals surface area contributed by atoms with Crippen LogP contribution >= 0.6 is 0 Å². The van der Waals surface area contributed by atoms with Crippen molar-refractivity contribution in [2.75, 3.05) is 30.3 Å². The van der Waals surface area contributed by atoms with Gasteiger partial charge in [0.1, 0.15) is 11.4 Å². The molecule has 1 aromatic rings. The zero-order valence-corrected chi connectivity index (χ0v) is 27.2. The fourth-order valence-electron chi connectivity index (χ4n) is 3.51. The second-order valence-corrected chi connectivity index (χ2v) is 9.25. The Labute approximate surface area is 256 Å². The fourth-order valence-corrected chi connectivity index (χ4v) is 3.51. The lowest BCUT2D eigenvalue weighted by Gasteiger charge is -2.47. The number of anilines is 2. The van der Waals surface area contributed by atoms with Gasteiger partial charge in [0.25, 0.3) is 0 Å². The number of hydrogen-bond acceptors (Lipinski definition) is 5. The summed E-state index contributed by atoms with van der Waals surface area (Å²) in [6.45, 7) is 19.4. The molecule has 1 heterocycles. The molecular weight excluding hydrogens is 557 g/mol. The molecule has 0 bridgehead atoms. The van der Waals surface area contributed by atoms with Crippen LogP contribution in [0, 0.1) is 0 Å². The van der Waals surface area contributed by atoms with Gasteiger partial charge in [0.15, 0.2) is 12.0 Å². The summed E-state index contributed by atoms with van der Waals surface area (Å²) in [6, 6.07) is 7.04. The Morgan fingerprint density at radius 2 is 1.67 bits per heavy atom. The molecule has 1 aromatic carbocycles. The van der Waals surface area contributed by atoms with Gasteiger partial charge in [-0.3, -0.25) is 9.59 Å². The van der Waals surface area contributed by atoms with Gasteiger partial charge in [-0.2, -0.15) is 0 Å². The Kier molecular flexibility index (Phi) is 21.0. The van der Waals surface area contributed by atoms with Crippen molar-refractivity contribution in [2.24, 2.45) is 5.73 Å². The molecule has 1 fully saturated rings. The third-order valence-electron chi connectivity index (χ3n) is 5.74. The maximum absolute atomic E-state index is 13.6. The highest BCUT2D eigenvalue weighted by molar-refractivity contribution is 5.94. The predicted molar refractivity (Wildman–Crippen MR) is 174 cm³/mol. The molecule has 1 saturated heterocycles. The number of nitrogens with one attached hydrogen (secondary N) is 2. The number of rotatable bonds is 10. The highest BCUT2D eigenvalue weighted by Gasteiger charge is 2.44. The smallest absolute Gasteiger partial charge is 0.250 e. The van der Waals surface area contributed by atoms with Crippen LogP contribution in [-0.2, 0) is 9.59 Å². The van der Waals surface area contributed by atoms with Crippen LogP contribution in [0.4, 0.5) is 24.5 Å². The molecule has 5 N–H and O–H groups in total. The molecule has 1 atom stereocenters. The van der Waals surface area contributed by atoms with Crippen LogP contribution in [0.15, 0.2) is 83.6 Å². The van der Waals surface area contributed by atoms with E-state index in [1.807, 2.05) is 47.6 Å². The first kappa shape index (κ1) is 41.3. The Morgan fingerprint density at radius 3 is 2.14 bits per heavy atom. The van der Waals surface area contributed by atoms with E-state index >= 15 is 0 Å². The number of halogens is 3. The molecule has 43 heavy (non-hydrogen) atoms. The number of aliphatic hydroxyl groups is 1. The molecule has 0 radical (unpaired) electrons. The minimum absolute atomic E-state index is 0.0905. The maximum Gasteiger partial charge on any atom is 0.250 e. The fraction of sp³-hybridized carbons (Fsp3) is 0.455. The van der Waals surface area contributed by atoms with Gasteiger partial charge in [0.05, 0.1) is 13.1 Å². The number of β-amino-alcohol motifs (C(OH)–C–C–N with tert-alkyl or cyclic N) is 1. The van der Waals surface area contributed by atoms with Gasteiger partial charge in [0.2, 0.25) is 11.8 Å². The second kappa shape index (κ2) is 21.8. The second-order valence-electron chi connectivity index (χ2n) is 9.25. The van der Waals surface area contributed by atoms with E-state index in [0.29, 0.717) is 11.4 Å². The van der Waals surface area contributed by atoms with Gasteiger partial charge in [-0.05, 0) is 58.0 Å². The standard InChI is InChI=1S/C21H28F2N4O3.C8H11F.2C2H6/c1-4-15(8-18(24)19(23)13(2)22)20(29)27-11-21(30,12-27)10-25-16-6-5-7-17(9-16)26-14(3)28;1-4-7(3)6-8(9)5-2;2*1-2/h4-7,9,13,25,30H,8,10-12,24H2,1-3H3,(H,26,28);4-6H,2H2,1,3H3;2*1-2H3/b15-4+,19-18-;7-4-,8-6+;;. The molecule has 10 heteroatoms. The number of alkyl halides is 1. The van der Waals surface area contributed by atoms with E-state index in [4.69, 9.17) is 5.73 Å². The zero-order valence-electron chi connectivity index (χ0n) is 27.2. The summed E-state index contributed by atoms with van der Waals surface area (Å²) in [6.07, 6.45) is 3.94. The molecule has 1 aliphatic rings. The number of benzene rings is 1.